The monoisotopic (exact) mass is 194 g/mol. The van der Waals surface area contributed by atoms with Crippen LogP contribution in [0.3, 0.4) is 0 Å². The summed E-state index contributed by atoms with van der Waals surface area (Å²) < 4.78 is 5.36. The van der Waals surface area contributed by atoms with Gasteiger partial charge in [0.2, 0.25) is 5.91 Å². The van der Waals surface area contributed by atoms with Crippen molar-refractivity contribution in [1.82, 2.24) is 10.3 Å². The number of hydrogen-bond donors (Lipinski definition) is 1. The van der Waals surface area contributed by atoms with Crippen molar-refractivity contribution in [2.24, 2.45) is 0 Å². The van der Waals surface area contributed by atoms with Crippen LogP contribution in [-0.4, -0.2) is 24.5 Å². The van der Waals surface area contributed by atoms with Gasteiger partial charge in [-0.15, -0.1) is 0 Å². The summed E-state index contributed by atoms with van der Waals surface area (Å²) >= 11 is 0. The summed E-state index contributed by atoms with van der Waals surface area (Å²) in [5.41, 5.74) is 0. The van der Waals surface area contributed by atoms with Crippen molar-refractivity contribution in [1.29, 1.82) is 0 Å². The average molecular weight is 194 g/mol. The van der Waals surface area contributed by atoms with Crippen LogP contribution in [0.25, 0.3) is 0 Å². The molecule has 0 spiro atoms. The first-order valence-electron chi connectivity index (χ1n) is 4.56. The molecule has 1 N–H and O–H groups in total. The van der Waals surface area contributed by atoms with Crippen LogP contribution >= 0.6 is 0 Å². The van der Waals surface area contributed by atoms with Crippen molar-refractivity contribution in [2.45, 2.75) is 12.8 Å². The van der Waals surface area contributed by atoms with Crippen molar-refractivity contribution in [3.8, 4) is 5.75 Å². The molecule has 0 fully saturated rings. The Bertz CT molecular complexity index is 275. The highest BCUT2D eigenvalue weighted by Crippen LogP contribution is 2.06. The highest BCUT2D eigenvalue weighted by atomic mass is 16.5. The second kappa shape index (κ2) is 5.96. The average Bonchev–Trinajstić information content (AvgIpc) is 2.25. The van der Waals surface area contributed by atoms with Gasteiger partial charge in [0.05, 0.1) is 12.8 Å². The van der Waals surface area contributed by atoms with Crippen LogP contribution in [0.2, 0.25) is 0 Å². The summed E-state index contributed by atoms with van der Waals surface area (Å²) in [6.07, 6.45) is 4.56. The van der Waals surface area contributed by atoms with Crippen molar-refractivity contribution < 1.29 is 9.53 Å². The van der Waals surface area contributed by atoms with E-state index in [1.807, 2.05) is 12.1 Å². The van der Waals surface area contributed by atoms with Gasteiger partial charge in [0.25, 0.3) is 0 Å². The number of carbonyl (C=O) groups is 1. The molecule has 4 heteroatoms. The summed E-state index contributed by atoms with van der Waals surface area (Å²) in [5, 5.41) is 2.56. The molecule has 1 aromatic heterocycles. The lowest BCUT2D eigenvalue weighted by atomic mass is 10.3. The molecule has 0 aliphatic rings. The number of rotatable bonds is 5. The molecule has 0 unspecified atom stereocenters. The topological polar surface area (TPSA) is 51.2 Å². The van der Waals surface area contributed by atoms with Crippen molar-refractivity contribution in [2.75, 3.05) is 13.7 Å². The van der Waals surface area contributed by atoms with E-state index in [1.54, 1.807) is 19.4 Å². The third-order valence-electron chi connectivity index (χ3n) is 1.73. The fraction of sp³-hybridized carbons (Fsp3) is 0.400. The van der Waals surface area contributed by atoms with E-state index < -0.39 is 0 Å². The SMILES string of the molecule is CNC(=O)CCCOc1cccnc1. The summed E-state index contributed by atoms with van der Waals surface area (Å²) in [7, 11) is 1.63. The molecule has 1 aromatic rings. The smallest absolute Gasteiger partial charge is 0.219 e. The first-order valence-corrected chi connectivity index (χ1v) is 4.56. The molecule has 14 heavy (non-hydrogen) atoms. The lowest BCUT2D eigenvalue weighted by molar-refractivity contribution is -0.120. The number of amides is 1. The molecule has 0 saturated heterocycles. The minimum Gasteiger partial charge on any atom is -0.492 e. The number of nitrogens with one attached hydrogen (secondary N) is 1. The highest BCUT2D eigenvalue weighted by Gasteiger charge is 1.97. The van der Waals surface area contributed by atoms with Crippen LogP contribution in [0.4, 0.5) is 0 Å². The van der Waals surface area contributed by atoms with Gasteiger partial charge in [-0.1, -0.05) is 0 Å². The predicted octanol–water partition coefficient (Wildman–Crippen LogP) is 0.987. The van der Waals surface area contributed by atoms with E-state index in [9.17, 15) is 4.79 Å². The van der Waals surface area contributed by atoms with Gasteiger partial charge in [-0.25, -0.2) is 0 Å². The minimum atomic E-state index is 0.0415. The van der Waals surface area contributed by atoms with Crippen molar-refractivity contribution in [3.05, 3.63) is 24.5 Å². The Morgan fingerprint density at radius 2 is 2.50 bits per heavy atom. The number of ether oxygens (including phenoxy) is 1. The predicted molar refractivity (Wildman–Crippen MR) is 53.0 cm³/mol. The Morgan fingerprint density at radius 3 is 3.14 bits per heavy atom. The molecule has 0 atom stereocenters. The molecule has 0 bridgehead atoms. The molecule has 4 nitrogen and oxygen atoms in total. The molecule has 1 amide bonds. The van der Waals surface area contributed by atoms with Gasteiger partial charge < -0.3 is 10.1 Å². The van der Waals surface area contributed by atoms with Crippen LogP contribution < -0.4 is 10.1 Å². The van der Waals surface area contributed by atoms with Crippen LogP contribution in [-0.2, 0) is 4.79 Å². The van der Waals surface area contributed by atoms with E-state index in [2.05, 4.69) is 10.3 Å². The zero-order valence-electron chi connectivity index (χ0n) is 8.19. The Hall–Kier alpha value is -1.58. The second-order valence-corrected chi connectivity index (χ2v) is 2.81. The maximum absolute atomic E-state index is 10.8. The van der Waals surface area contributed by atoms with Gasteiger partial charge >= 0.3 is 0 Å². The molecule has 1 rings (SSSR count). The first kappa shape index (κ1) is 10.5. The third-order valence-corrected chi connectivity index (χ3v) is 1.73. The Balaban J connectivity index is 2.13. The molecule has 0 aliphatic heterocycles. The molecule has 0 aromatic carbocycles. The maximum Gasteiger partial charge on any atom is 0.219 e. The Morgan fingerprint density at radius 1 is 1.64 bits per heavy atom. The fourth-order valence-corrected chi connectivity index (χ4v) is 0.980. The Kier molecular flexibility index (Phi) is 4.47. The largest absolute Gasteiger partial charge is 0.492 e. The summed E-state index contributed by atoms with van der Waals surface area (Å²) in [6.45, 7) is 0.541. The van der Waals surface area contributed by atoms with Crippen molar-refractivity contribution >= 4 is 5.91 Å². The number of aromatic nitrogens is 1. The van der Waals surface area contributed by atoms with Crippen LogP contribution in [0, 0.1) is 0 Å². The van der Waals surface area contributed by atoms with Crippen LogP contribution in [0.5, 0.6) is 5.75 Å². The second-order valence-electron chi connectivity index (χ2n) is 2.81. The third kappa shape index (κ3) is 3.89. The van der Waals surface area contributed by atoms with Gasteiger partial charge in [-0.05, 0) is 18.6 Å². The maximum atomic E-state index is 10.8. The van der Waals surface area contributed by atoms with Crippen LogP contribution in [0.1, 0.15) is 12.8 Å². The quantitative estimate of drug-likeness (QED) is 0.711. The molecular weight excluding hydrogens is 180 g/mol. The van der Waals surface area contributed by atoms with E-state index in [0.29, 0.717) is 19.4 Å². The number of nitrogens with zero attached hydrogens (tertiary/aromatic N) is 1. The first-order chi connectivity index (χ1) is 6.83. The van der Waals surface area contributed by atoms with E-state index >= 15 is 0 Å². The lowest BCUT2D eigenvalue weighted by Crippen LogP contribution is -2.18. The van der Waals surface area contributed by atoms with E-state index in [1.165, 1.54) is 0 Å². The van der Waals surface area contributed by atoms with Crippen molar-refractivity contribution in [3.63, 3.8) is 0 Å². The van der Waals surface area contributed by atoms with E-state index in [-0.39, 0.29) is 5.91 Å². The molecule has 0 saturated carbocycles. The molecular formula is C10H14N2O2. The fourth-order valence-electron chi connectivity index (χ4n) is 0.980. The molecule has 1 heterocycles. The van der Waals surface area contributed by atoms with Gasteiger partial charge in [0.1, 0.15) is 5.75 Å². The van der Waals surface area contributed by atoms with E-state index in [0.717, 1.165) is 5.75 Å². The summed E-state index contributed by atoms with van der Waals surface area (Å²) in [5.74, 6) is 0.782. The van der Waals surface area contributed by atoms with Crippen LogP contribution in [0.15, 0.2) is 24.5 Å². The summed E-state index contributed by atoms with van der Waals surface area (Å²) in [6, 6.07) is 3.65. The van der Waals surface area contributed by atoms with Gasteiger partial charge in [0.15, 0.2) is 0 Å². The minimum absolute atomic E-state index is 0.0415. The van der Waals surface area contributed by atoms with Gasteiger partial charge in [-0.3, -0.25) is 9.78 Å². The summed E-state index contributed by atoms with van der Waals surface area (Å²) in [4.78, 5) is 14.8. The highest BCUT2D eigenvalue weighted by molar-refractivity contribution is 5.75. The zero-order valence-corrected chi connectivity index (χ0v) is 8.19. The molecule has 0 aliphatic carbocycles. The lowest BCUT2D eigenvalue weighted by Gasteiger charge is -2.04. The molecule has 0 radical (unpaired) electrons. The number of carbonyl (C=O) groups excluding carboxylic acids is 1. The number of hydrogen-bond acceptors (Lipinski definition) is 3. The Labute approximate surface area is 83.3 Å². The standard InChI is InChI=1S/C10H14N2O2/c1-11-10(13)5-3-7-14-9-4-2-6-12-8-9/h2,4,6,8H,3,5,7H2,1H3,(H,11,13). The number of pyridine rings is 1. The van der Waals surface area contributed by atoms with Gasteiger partial charge in [-0.2, -0.15) is 0 Å². The van der Waals surface area contributed by atoms with Gasteiger partial charge in [0, 0.05) is 19.7 Å². The van der Waals surface area contributed by atoms with E-state index in [4.69, 9.17) is 4.74 Å². The molecule has 76 valence electrons. The zero-order chi connectivity index (χ0) is 10.2. The normalized spacial score (nSPS) is 9.50.